The van der Waals surface area contributed by atoms with Gasteiger partial charge in [-0.25, -0.2) is 9.78 Å². The van der Waals surface area contributed by atoms with Gasteiger partial charge in [0.2, 0.25) is 5.91 Å². The lowest BCUT2D eigenvalue weighted by Gasteiger charge is -2.30. The molecule has 1 fully saturated rings. The fourth-order valence-corrected chi connectivity index (χ4v) is 5.85. The number of carbonyl (C=O) groups excluding carboxylic acids is 2. The summed E-state index contributed by atoms with van der Waals surface area (Å²) < 4.78 is 4.80. The van der Waals surface area contributed by atoms with Crippen LogP contribution in [0, 0.1) is 12.8 Å². The number of nitrogens with one attached hydrogen (secondary N) is 2. The van der Waals surface area contributed by atoms with Crippen LogP contribution in [0.25, 0.3) is 10.2 Å². The highest BCUT2D eigenvalue weighted by Gasteiger charge is 2.26. The predicted octanol–water partition coefficient (Wildman–Crippen LogP) is 2.71. The van der Waals surface area contributed by atoms with E-state index in [0.29, 0.717) is 39.6 Å². The summed E-state index contributed by atoms with van der Waals surface area (Å²) in [4.78, 5) is 48.9. The number of thiophene rings is 2. The van der Waals surface area contributed by atoms with Crippen LogP contribution in [0.3, 0.4) is 0 Å². The number of rotatable bonds is 7. The lowest BCUT2D eigenvalue weighted by molar-refractivity contribution is -0.126. The smallest absolute Gasteiger partial charge is 0.348 e. The minimum absolute atomic E-state index is 0.0200. The van der Waals surface area contributed by atoms with Gasteiger partial charge in [0.1, 0.15) is 15.5 Å². The highest BCUT2D eigenvalue weighted by Crippen LogP contribution is 2.28. The Labute approximate surface area is 193 Å². The Hall–Kier alpha value is -2.56. The monoisotopic (exact) mass is 474 g/mol. The Bertz CT molecular complexity index is 1160. The molecule has 0 aromatic carbocycles. The second kappa shape index (κ2) is 9.93. The number of aryl methyl sites for hydroxylation is 1. The van der Waals surface area contributed by atoms with Crippen LogP contribution >= 0.6 is 22.7 Å². The van der Waals surface area contributed by atoms with Gasteiger partial charge in [0.05, 0.1) is 19.0 Å². The van der Waals surface area contributed by atoms with Crippen molar-refractivity contribution in [2.45, 2.75) is 32.7 Å². The van der Waals surface area contributed by atoms with Crippen molar-refractivity contribution in [2.75, 3.05) is 26.7 Å². The quantitative estimate of drug-likeness (QED) is 0.510. The summed E-state index contributed by atoms with van der Waals surface area (Å²) in [6, 6.07) is 4.10. The van der Waals surface area contributed by atoms with Gasteiger partial charge in [0.25, 0.3) is 5.56 Å². The van der Waals surface area contributed by atoms with Crippen LogP contribution in [-0.2, 0) is 22.5 Å². The number of esters is 1. The van der Waals surface area contributed by atoms with Crippen LogP contribution in [0.15, 0.2) is 22.3 Å². The number of likely N-dealkylation sites (tertiary alicyclic amines) is 1. The maximum atomic E-state index is 12.6. The van der Waals surface area contributed by atoms with Crippen LogP contribution < -0.4 is 10.9 Å². The number of aromatic nitrogens is 2. The highest BCUT2D eigenvalue weighted by molar-refractivity contribution is 7.20. The molecule has 0 atom stereocenters. The zero-order valence-electron chi connectivity index (χ0n) is 18.1. The van der Waals surface area contributed by atoms with E-state index in [4.69, 9.17) is 4.74 Å². The van der Waals surface area contributed by atoms with Crippen molar-refractivity contribution in [3.8, 4) is 0 Å². The third-order valence-corrected chi connectivity index (χ3v) is 7.90. The number of hydrogen-bond donors (Lipinski definition) is 2. The lowest BCUT2D eigenvalue weighted by atomic mass is 9.96. The molecule has 2 N–H and O–H groups in total. The molecule has 0 bridgehead atoms. The minimum Gasteiger partial charge on any atom is -0.465 e. The maximum absolute atomic E-state index is 12.6. The average molecular weight is 475 g/mol. The Morgan fingerprint density at radius 1 is 1.34 bits per heavy atom. The number of fused-ring (bicyclic) bond motifs is 1. The van der Waals surface area contributed by atoms with Crippen molar-refractivity contribution in [1.29, 1.82) is 0 Å². The van der Waals surface area contributed by atoms with Crippen LogP contribution in [0.5, 0.6) is 0 Å². The molecule has 4 heterocycles. The molecule has 0 aliphatic carbocycles. The van der Waals surface area contributed by atoms with Gasteiger partial charge in [0.15, 0.2) is 0 Å². The van der Waals surface area contributed by atoms with E-state index in [1.54, 1.807) is 18.3 Å². The van der Waals surface area contributed by atoms with Gasteiger partial charge in [0, 0.05) is 17.3 Å². The maximum Gasteiger partial charge on any atom is 0.348 e. The van der Waals surface area contributed by atoms with E-state index in [1.807, 2.05) is 11.4 Å². The third-order valence-electron chi connectivity index (χ3n) is 5.80. The number of aromatic amines is 1. The third kappa shape index (κ3) is 4.92. The number of nitrogens with zero attached hydrogens (tertiary/aromatic N) is 2. The highest BCUT2D eigenvalue weighted by atomic mass is 32.1. The molecule has 3 aromatic heterocycles. The number of piperidine rings is 1. The summed E-state index contributed by atoms with van der Waals surface area (Å²) in [5, 5.41) is 5.54. The Kier molecular flexibility index (Phi) is 7.02. The number of H-pyrrole nitrogens is 1. The molecule has 0 radical (unpaired) electrons. The van der Waals surface area contributed by atoms with Gasteiger partial charge in [-0.15, -0.1) is 22.7 Å². The Balaban J connectivity index is 1.33. The van der Waals surface area contributed by atoms with E-state index in [0.717, 1.165) is 32.4 Å². The van der Waals surface area contributed by atoms with Crippen LogP contribution in [-0.4, -0.2) is 53.5 Å². The topological polar surface area (TPSA) is 104 Å². The zero-order valence-corrected chi connectivity index (χ0v) is 19.7. The predicted molar refractivity (Wildman–Crippen MR) is 125 cm³/mol. The van der Waals surface area contributed by atoms with Gasteiger partial charge in [-0.05, 0) is 56.3 Å². The fraction of sp³-hybridized carbons (Fsp3) is 0.455. The van der Waals surface area contributed by atoms with Gasteiger partial charge in [-0.3, -0.25) is 14.5 Å². The molecule has 4 rings (SSSR count). The Morgan fingerprint density at radius 2 is 2.12 bits per heavy atom. The van der Waals surface area contributed by atoms with E-state index < -0.39 is 5.97 Å². The summed E-state index contributed by atoms with van der Waals surface area (Å²) in [7, 11) is 1.32. The zero-order chi connectivity index (χ0) is 22.7. The van der Waals surface area contributed by atoms with Crippen molar-refractivity contribution in [3.05, 3.63) is 49.0 Å². The molecule has 3 aromatic rings. The Morgan fingerprint density at radius 3 is 2.81 bits per heavy atom. The average Bonchev–Trinajstić information content (AvgIpc) is 3.41. The van der Waals surface area contributed by atoms with E-state index in [-0.39, 0.29) is 17.4 Å². The van der Waals surface area contributed by atoms with Gasteiger partial charge in [-0.1, -0.05) is 6.07 Å². The minimum atomic E-state index is -0.456. The molecular formula is C22H26N4O4S2. The number of carbonyl (C=O) groups is 2. The molecular weight excluding hydrogens is 448 g/mol. The van der Waals surface area contributed by atoms with Gasteiger partial charge in [-0.2, -0.15) is 0 Å². The summed E-state index contributed by atoms with van der Waals surface area (Å²) in [6.07, 6.45) is 2.42. The largest absolute Gasteiger partial charge is 0.465 e. The fourth-order valence-electron chi connectivity index (χ4n) is 4.02. The van der Waals surface area contributed by atoms with E-state index in [9.17, 15) is 14.4 Å². The van der Waals surface area contributed by atoms with Crippen LogP contribution in [0.4, 0.5) is 0 Å². The first-order chi connectivity index (χ1) is 15.5. The number of amides is 1. The first-order valence-corrected chi connectivity index (χ1v) is 12.3. The standard InChI is InChI=1S/C22H26N4O4S2/c1-13-17-20(28)24-16(25-21(17)32-18(13)22(29)30-2)12-26-9-6-14(7-10-26)19(27)23-8-5-15-4-3-11-31-15/h3-4,11,14H,5-10,12H2,1-2H3,(H,23,27)(H,24,25,28). The van der Waals surface area contributed by atoms with Gasteiger partial charge >= 0.3 is 5.97 Å². The van der Waals surface area contributed by atoms with Gasteiger partial charge < -0.3 is 15.0 Å². The van der Waals surface area contributed by atoms with Crippen LogP contribution in [0.1, 0.15) is 38.8 Å². The first kappa shape index (κ1) is 22.6. The normalized spacial score (nSPS) is 15.2. The number of methoxy groups -OCH3 is 1. The molecule has 1 saturated heterocycles. The molecule has 0 unspecified atom stereocenters. The number of ether oxygens (including phenoxy) is 1. The summed E-state index contributed by atoms with van der Waals surface area (Å²) >= 11 is 2.89. The van der Waals surface area contributed by atoms with Crippen molar-refractivity contribution in [2.24, 2.45) is 5.92 Å². The SMILES string of the molecule is COC(=O)c1sc2nc(CN3CCC(C(=O)NCCc4cccs4)CC3)[nH]c(=O)c2c1C. The van der Waals surface area contributed by atoms with Crippen molar-refractivity contribution in [3.63, 3.8) is 0 Å². The summed E-state index contributed by atoms with van der Waals surface area (Å²) in [6.45, 7) is 4.43. The van der Waals surface area contributed by atoms with Crippen molar-refractivity contribution < 1.29 is 14.3 Å². The van der Waals surface area contributed by atoms with E-state index >= 15 is 0 Å². The van der Waals surface area contributed by atoms with E-state index in [2.05, 4.69) is 26.3 Å². The molecule has 1 aliphatic heterocycles. The second-order valence-corrected chi connectivity index (χ2v) is 9.94. The molecule has 1 aliphatic rings. The lowest BCUT2D eigenvalue weighted by Crippen LogP contribution is -2.41. The number of hydrogen-bond acceptors (Lipinski definition) is 8. The molecule has 0 saturated carbocycles. The summed E-state index contributed by atoms with van der Waals surface area (Å²) in [5.41, 5.74) is 0.358. The first-order valence-electron chi connectivity index (χ1n) is 10.6. The van der Waals surface area contributed by atoms with E-state index in [1.165, 1.54) is 23.3 Å². The molecule has 8 nitrogen and oxygen atoms in total. The molecule has 0 spiro atoms. The molecule has 32 heavy (non-hydrogen) atoms. The summed E-state index contributed by atoms with van der Waals surface area (Å²) in [5.74, 6) is 0.256. The van der Waals surface area contributed by atoms with Crippen molar-refractivity contribution >= 4 is 44.8 Å². The molecule has 1 amide bonds. The van der Waals surface area contributed by atoms with Crippen molar-refractivity contribution in [1.82, 2.24) is 20.2 Å². The molecule has 170 valence electrons. The second-order valence-electron chi connectivity index (χ2n) is 7.91. The van der Waals surface area contributed by atoms with Crippen LogP contribution in [0.2, 0.25) is 0 Å². The molecule has 10 heteroatoms.